The minimum absolute atomic E-state index is 0.0853. The first kappa shape index (κ1) is 19.8. The molecule has 0 aliphatic carbocycles. The summed E-state index contributed by atoms with van der Waals surface area (Å²) in [5, 5.41) is 5.07. The Morgan fingerprint density at radius 2 is 1.50 bits per heavy atom. The van der Waals surface area contributed by atoms with Gasteiger partial charge in [0.1, 0.15) is 0 Å². The van der Waals surface area contributed by atoms with E-state index in [0.717, 1.165) is 40.8 Å². The zero-order valence-corrected chi connectivity index (χ0v) is 17.3. The van der Waals surface area contributed by atoms with Crippen molar-refractivity contribution in [2.45, 2.75) is 0 Å². The van der Waals surface area contributed by atoms with Gasteiger partial charge in [0, 0.05) is 57.2 Å². The molecule has 0 bridgehead atoms. The minimum Gasteiger partial charge on any atom is -0.368 e. The van der Waals surface area contributed by atoms with E-state index in [1.807, 2.05) is 65.6 Å². The number of benzene rings is 3. The van der Waals surface area contributed by atoms with Gasteiger partial charge in [0.05, 0.1) is 0 Å². The second kappa shape index (κ2) is 8.45. The van der Waals surface area contributed by atoms with Gasteiger partial charge in [0.25, 0.3) is 5.91 Å². The maximum absolute atomic E-state index is 13.0. The number of piperazine rings is 1. The van der Waals surface area contributed by atoms with Gasteiger partial charge in [-0.1, -0.05) is 30.3 Å². The Bertz CT molecular complexity index is 1050. The number of nitrogens with one attached hydrogen (secondary N) is 1. The van der Waals surface area contributed by atoms with Gasteiger partial charge in [-0.05, 0) is 47.2 Å². The average molecular weight is 402 g/mol. The van der Waals surface area contributed by atoms with Crippen LogP contribution in [-0.2, 0) is 0 Å². The van der Waals surface area contributed by atoms with Crippen LogP contribution in [0.4, 0.5) is 16.2 Å². The summed E-state index contributed by atoms with van der Waals surface area (Å²) < 4.78 is 0. The molecule has 0 spiro atoms. The molecule has 4 rings (SSSR count). The van der Waals surface area contributed by atoms with Crippen LogP contribution in [0, 0.1) is 0 Å². The van der Waals surface area contributed by atoms with E-state index in [2.05, 4.69) is 16.3 Å². The summed E-state index contributed by atoms with van der Waals surface area (Å²) in [6.07, 6.45) is 0. The van der Waals surface area contributed by atoms with Gasteiger partial charge in [-0.15, -0.1) is 0 Å². The lowest BCUT2D eigenvalue weighted by Crippen LogP contribution is -2.48. The highest BCUT2D eigenvalue weighted by Crippen LogP contribution is 2.21. The normalized spacial score (nSPS) is 13.9. The fraction of sp³-hybridized carbons (Fsp3) is 0.250. The summed E-state index contributed by atoms with van der Waals surface area (Å²) in [5.74, 6) is 0.0853. The van der Waals surface area contributed by atoms with Gasteiger partial charge in [0.2, 0.25) is 0 Å². The van der Waals surface area contributed by atoms with Crippen molar-refractivity contribution in [3.05, 3.63) is 72.3 Å². The van der Waals surface area contributed by atoms with Crippen molar-refractivity contribution in [2.75, 3.05) is 50.5 Å². The van der Waals surface area contributed by atoms with Gasteiger partial charge < -0.3 is 20.0 Å². The van der Waals surface area contributed by atoms with Gasteiger partial charge in [-0.3, -0.25) is 4.79 Å². The topological polar surface area (TPSA) is 55.9 Å². The molecule has 0 saturated carbocycles. The number of carbonyl (C=O) groups is 2. The van der Waals surface area contributed by atoms with Gasteiger partial charge in [-0.2, -0.15) is 0 Å². The highest BCUT2D eigenvalue weighted by molar-refractivity contribution is 5.98. The van der Waals surface area contributed by atoms with E-state index in [1.165, 1.54) is 4.90 Å². The highest BCUT2D eigenvalue weighted by Gasteiger charge is 2.22. The molecule has 1 N–H and O–H groups in total. The molecule has 3 amide bonds. The smallest absolute Gasteiger partial charge is 0.321 e. The average Bonchev–Trinajstić information content (AvgIpc) is 2.79. The van der Waals surface area contributed by atoms with Crippen molar-refractivity contribution in [1.29, 1.82) is 0 Å². The molecule has 154 valence electrons. The molecule has 1 heterocycles. The number of carbonyl (C=O) groups excluding carboxylic acids is 2. The SMILES string of the molecule is CN(C)C(=O)Nc1ccc(N2CCN(C(=O)c3ccc4ccccc4c3)CC2)cc1. The fourth-order valence-electron chi connectivity index (χ4n) is 3.66. The molecule has 6 heteroatoms. The van der Waals surface area contributed by atoms with E-state index in [4.69, 9.17) is 0 Å². The predicted octanol–water partition coefficient (Wildman–Crippen LogP) is 3.90. The maximum atomic E-state index is 13.0. The van der Waals surface area contributed by atoms with Crippen LogP contribution >= 0.6 is 0 Å². The summed E-state index contributed by atoms with van der Waals surface area (Å²) in [6.45, 7) is 2.93. The Morgan fingerprint density at radius 1 is 0.833 bits per heavy atom. The van der Waals surface area contributed by atoms with Crippen LogP contribution in [0.2, 0.25) is 0 Å². The third-order valence-corrected chi connectivity index (χ3v) is 5.45. The lowest BCUT2D eigenvalue weighted by atomic mass is 10.1. The Kier molecular flexibility index (Phi) is 5.57. The first-order chi connectivity index (χ1) is 14.5. The molecule has 1 saturated heterocycles. The second-order valence-corrected chi connectivity index (χ2v) is 7.71. The fourth-order valence-corrected chi connectivity index (χ4v) is 3.66. The minimum atomic E-state index is -0.149. The molecule has 3 aromatic rings. The molecule has 6 nitrogen and oxygen atoms in total. The Balaban J connectivity index is 1.37. The zero-order valence-electron chi connectivity index (χ0n) is 17.3. The van der Waals surface area contributed by atoms with Gasteiger partial charge >= 0.3 is 6.03 Å². The number of amides is 3. The summed E-state index contributed by atoms with van der Waals surface area (Å²) in [6, 6.07) is 21.7. The van der Waals surface area contributed by atoms with E-state index in [9.17, 15) is 9.59 Å². The Hall–Kier alpha value is -3.54. The Labute approximate surface area is 176 Å². The number of anilines is 2. The molecule has 0 atom stereocenters. The van der Waals surface area contributed by atoms with Gasteiger partial charge in [0.15, 0.2) is 0 Å². The summed E-state index contributed by atoms with van der Waals surface area (Å²) in [5.41, 5.74) is 2.60. The molecule has 3 aromatic carbocycles. The van der Waals surface area contributed by atoms with Crippen LogP contribution < -0.4 is 10.2 Å². The largest absolute Gasteiger partial charge is 0.368 e. The van der Waals surface area contributed by atoms with Gasteiger partial charge in [-0.25, -0.2) is 4.79 Å². The first-order valence-electron chi connectivity index (χ1n) is 10.1. The quantitative estimate of drug-likeness (QED) is 0.723. The van der Waals surface area contributed by atoms with Crippen molar-refractivity contribution in [1.82, 2.24) is 9.80 Å². The van der Waals surface area contributed by atoms with Crippen molar-refractivity contribution in [2.24, 2.45) is 0 Å². The third kappa shape index (κ3) is 4.22. The molecule has 1 aliphatic rings. The molecular weight excluding hydrogens is 376 g/mol. The number of urea groups is 1. The van der Waals surface area contributed by atoms with E-state index in [-0.39, 0.29) is 11.9 Å². The summed E-state index contributed by atoms with van der Waals surface area (Å²) >= 11 is 0. The van der Waals surface area contributed by atoms with Crippen LogP contribution in [0.3, 0.4) is 0 Å². The van der Waals surface area contributed by atoms with Crippen LogP contribution in [0.5, 0.6) is 0 Å². The van der Waals surface area contributed by atoms with E-state index in [0.29, 0.717) is 13.1 Å². The zero-order chi connectivity index (χ0) is 21.1. The van der Waals surface area contributed by atoms with E-state index < -0.39 is 0 Å². The molecule has 0 aromatic heterocycles. The van der Waals surface area contributed by atoms with Crippen LogP contribution in [0.15, 0.2) is 66.7 Å². The van der Waals surface area contributed by atoms with E-state index >= 15 is 0 Å². The maximum Gasteiger partial charge on any atom is 0.321 e. The highest BCUT2D eigenvalue weighted by atomic mass is 16.2. The third-order valence-electron chi connectivity index (χ3n) is 5.45. The molecule has 0 radical (unpaired) electrons. The molecule has 30 heavy (non-hydrogen) atoms. The molecule has 1 aliphatic heterocycles. The van der Waals surface area contributed by atoms with Crippen LogP contribution in [0.1, 0.15) is 10.4 Å². The van der Waals surface area contributed by atoms with Crippen LogP contribution in [-0.4, -0.2) is 62.0 Å². The molecule has 1 fully saturated rings. The standard InChI is InChI=1S/C24H26N4O2/c1-26(2)24(30)25-21-9-11-22(12-10-21)27-13-15-28(16-14-27)23(29)20-8-7-18-5-3-4-6-19(18)17-20/h3-12,17H,13-16H2,1-2H3,(H,25,30). The number of fused-ring (bicyclic) bond motifs is 1. The lowest BCUT2D eigenvalue weighted by molar-refractivity contribution is 0.0747. The molecular formula is C24H26N4O2. The van der Waals surface area contributed by atoms with Crippen molar-refractivity contribution in [3.8, 4) is 0 Å². The predicted molar refractivity (Wildman–Crippen MR) is 121 cm³/mol. The number of hydrogen-bond acceptors (Lipinski definition) is 3. The van der Waals surface area contributed by atoms with Crippen molar-refractivity contribution in [3.63, 3.8) is 0 Å². The van der Waals surface area contributed by atoms with Crippen molar-refractivity contribution >= 4 is 34.1 Å². The Morgan fingerprint density at radius 3 is 2.17 bits per heavy atom. The monoisotopic (exact) mass is 402 g/mol. The van der Waals surface area contributed by atoms with E-state index in [1.54, 1.807) is 14.1 Å². The lowest BCUT2D eigenvalue weighted by Gasteiger charge is -2.36. The second-order valence-electron chi connectivity index (χ2n) is 7.71. The molecule has 0 unspecified atom stereocenters. The number of hydrogen-bond donors (Lipinski definition) is 1. The summed E-state index contributed by atoms with van der Waals surface area (Å²) in [7, 11) is 3.42. The van der Waals surface area contributed by atoms with Crippen molar-refractivity contribution < 1.29 is 9.59 Å². The van der Waals surface area contributed by atoms with Crippen LogP contribution in [0.25, 0.3) is 10.8 Å². The summed E-state index contributed by atoms with van der Waals surface area (Å²) in [4.78, 5) is 30.4. The number of rotatable bonds is 3. The first-order valence-corrected chi connectivity index (χ1v) is 10.1. The number of nitrogens with zero attached hydrogens (tertiary/aromatic N) is 3.